The number of hydrogen-bond donors (Lipinski definition) is 1. The van der Waals surface area contributed by atoms with Crippen molar-refractivity contribution >= 4 is 34.3 Å². The van der Waals surface area contributed by atoms with Crippen LogP contribution in [0.1, 0.15) is 42.5 Å². The third-order valence-electron chi connectivity index (χ3n) is 3.85. The first-order chi connectivity index (χ1) is 9.09. The number of rotatable bonds is 4. The normalized spacial score (nSPS) is 23.0. The van der Waals surface area contributed by atoms with Crippen LogP contribution in [0.5, 0.6) is 0 Å². The Balaban J connectivity index is 2.09. The van der Waals surface area contributed by atoms with Crippen LogP contribution in [-0.2, 0) is 4.79 Å². The van der Waals surface area contributed by atoms with E-state index in [2.05, 4.69) is 22.6 Å². The van der Waals surface area contributed by atoms with Crippen molar-refractivity contribution in [2.24, 2.45) is 11.8 Å². The molecule has 1 saturated carbocycles. The maximum Gasteiger partial charge on any atom is 0.306 e. The molecule has 2 rings (SSSR count). The molecule has 0 aliphatic heterocycles. The lowest BCUT2D eigenvalue weighted by Crippen LogP contribution is -2.28. The molecule has 1 fully saturated rings. The maximum absolute atomic E-state index is 12.3. The Hall–Kier alpha value is -0.910. The van der Waals surface area contributed by atoms with Crippen LogP contribution < -0.4 is 0 Å². The second kappa shape index (κ2) is 6.50. The average Bonchev–Trinajstić information content (AvgIpc) is 2.39. The topological polar surface area (TPSA) is 54.4 Å². The minimum Gasteiger partial charge on any atom is -0.481 e. The molecule has 3 nitrogen and oxygen atoms in total. The van der Waals surface area contributed by atoms with Crippen LogP contribution in [0, 0.1) is 15.4 Å². The number of hydrogen-bond acceptors (Lipinski definition) is 2. The molecule has 1 aliphatic rings. The predicted octanol–water partition coefficient (Wildman–Crippen LogP) is 3.76. The molecule has 0 bridgehead atoms. The van der Waals surface area contributed by atoms with Gasteiger partial charge in [-0.2, -0.15) is 0 Å². The fraction of sp³-hybridized carbons (Fsp3) is 0.467. The van der Waals surface area contributed by atoms with Gasteiger partial charge in [-0.3, -0.25) is 9.59 Å². The van der Waals surface area contributed by atoms with Gasteiger partial charge >= 0.3 is 5.97 Å². The van der Waals surface area contributed by atoms with Crippen LogP contribution in [0.4, 0.5) is 0 Å². The lowest BCUT2D eigenvalue weighted by molar-refractivity contribution is -0.144. The van der Waals surface area contributed by atoms with Crippen molar-refractivity contribution in [1.82, 2.24) is 0 Å². The lowest BCUT2D eigenvalue weighted by Gasteiger charge is -2.28. The van der Waals surface area contributed by atoms with Gasteiger partial charge in [0.25, 0.3) is 0 Å². The second-order valence-corrected chi connectivity index (χ2v) is 6.26. The number of Topliss-reactive ketones (excluding diaryl/α,β-unsaturated/α-hetero) is 1. The zero-order valence-electron chi connectivity index (χ0n) is 10.6. The fourth-order valence-corrected chi connectivity index (χ4v) is 3.50. The number of aliphatic carboxylic acids is 1. The zero-order valence-corrected chi connectivity index (χ0v) is 12.8. The van der Waals surface area contributed by atoms with Crippen LogP contribution in [0.2, 0.25) is 0 Å². The molecule has 1 aromatic rings. The minimum atomic E-state index is -0.750. The van der Waals surface area contributed by atoms with Gasteiger partial charge in [-0.15, -0.1) is 0 Å². The van der Waals surface area contributed by atoms with E-state index in [1.165, 1.54) is 0 Å². The Labute approximate surface area is 126 Å². The molecule has 2 unspecified atom stereocenters. The smallest absolute Gasteiger partial charge is 0.306 e. The van der Waals surface area contributed by atoms with Crippen molar-refractivity contribution in [2.75, 3.05) is 0 Å². The van der Waals surface area contributed by atoms with Crippen LogP contribution in [-0.4, -0.2) is 16.9 Å². The molecule has 0 heterocycles. The fourth-order valence-electron chi connectivity index (χ4n) is 2.81. The van der Waals surface area contributed by atoms with Gasteiger partial charge < -0.3 is 5.11 Å². The molecule has 102 valence electrons. The highest BCUT2D eigenvalue weighted by Gasteiger charge is 2.32. The number of carbonyl (C=O) groups is 2. The van der Waals surface area contributed by atoms with Crippen molar-refractivity contribution in [3.05, 3.63) is 33.4 Å². The molecule has 0 spiro atoms. The molecule has 2 atom stereocenters. The predicted molar refractivity (Wildman–Crippen MR) is 81.2 cm³/mol. The van der Waals surface area contributed by atoms with Crippen molar-refractivity contribution < 1.29 is 14.7 Å². The molecule has 1 N–H and O–H groups in total. The van der Waals surface area contributed by atoms with E-state index in [9.17, 15) is 14.7 Å². The van der Waals surface area contributed by atoms with E-state index in [1.54, 1.807) is 0 Å². The second-order valence-electron chi connectivity index (χ2n) is 5.10. The molecule has 0 aromatic heterocycles. The Kier molecular flexibility index (Phi) is 4.96. The van der Waals surface area contributed by atoms with Crippen LogP contribution in [0.3, 0.4) is 0 Å². The monoisotopic (exact) mass is 372 g/mol. The van der Waals surface area contributed by atoms with Crippen LogP contribution >= 0.6 is 22.6 Å². The number of carboxylic acids is 1. The van der Waals surface area contributed by atoms with E-state index in [0.717, 1.165) is 28.4 Å². The van der Waals surface area contributed by atoms with Crippen LogP contribution in [0.15, 0.2) is 24.3 Å². The summed E-state index contributed by atoms with van der Waals surface area (Å²) < 4.78 is 0.938. The van der Waals surface area contributed by atoms with Gasteiger partial charge in [0.2, 0.25) is 0 Å². The Morgan fingerprint density at radius 3 is 2.58 bits per heavy atom. The van der Waals surface area contributed by atoms with Crippen molar-refractivity contribution in [2.45, 2.75) is 32.1 Å². The number of carbonyl (C=O) groups excluding carboxylic acids is 1. The summed E-state index contributed by atoms with van der Waals surface area (Å²) in [5.41, 5.74) is 0.720. The SMILES string of the molecule is O=C(CC1CCCCC1C(=O)O)c1ccccc1I. The molecule has 0 radical (unpaired) electrons. The van der Waals surface area contributed by atoms with E-state index in [4.69, 9.17) is 0 Å². The third kappa shape index (κ3) is 3.55. The highest BCUT2D eigenvalue weighted by atomic mass is 127. The molecular formula is C15H17IO3. The molecule has 0 saturated heterocycles. The summed E-state index contributed by atoms with van der Waals surface area (Å²) in [5.74, 6) is -1.03. The van der Waals surface area contributed by atoms with Gasteiger partial charge in [-0.1, -0.05) is 31.0 Å². The zero-order chi connectivity index (χ0) is 13.8. The van der Waals surface area contributed by atoms with Crippen molar-refractivity contribution in [3.8, 4) is 0 Å². The van der Waals surface area contributed by atoms with Gasteiger partial charge in [0.15, 0.2) is 5.78 Å². The largest absolute Gasteiger partial charge is 0.481 e. The summed E-state index contributed by atoms with van der Waals surface area (Å²) >= 11 is 2.15. The number of ketones is 1. The van der Waals surface area contributed by atoms with Gasteiger partial charge in [0, 0.05) is 15.6 Å². The first-order valence-electron chi connectivity index (χ1n) is 6.60. The first kappa shape index (κ1) is 14.5. The van der Waals surface area contributed by atoms with E-state index >= 15 is 0 Å². The maximum atomic E-state index is 12.3. The summed E-state index contributed by atoms with van der Waals surface area (Å²) in [6, 6.07) is 7.48. The third-order valence-corrected chi connectivity index (χ3v) is 4.79. The Morgan fingerprint density at radius 2 is 1.89 bits per heavy atom. The number of halogens is 1. The summed E-state index contributed by atoms with van der Waals surface area (Å²) in [4.78, 5) is 23.5. The number of carboxylic acid groups (broad SMARTS) is 1. The minimum absolute atomic E-state index is 0.00486. The molecule has 1 aliphatic carbocycles. The summed E-state index contributed by atoms with van der Waals surface area (Å²) in [5, 5.41) is 9.23. The van der Waals surface area contributed by atoms with E-state index in [1.807, 2.05) is 24.3 Å². The van der Waals surface area contributed by atoms with Gasteiger partial charge in [0.1, 0.15) is 0 Å². The highest BCUT2D eigenvalue weighted by Crippen LogP contribution is 2.33. The number of benzene rings is 1. The van der Waals surface area contributed by atoms with Gasteiger partial charge in [0.05, 0.1) is 5.92 Å². The molecule has 0 amide bonds. The Bertz CT molecular complexity index is 484. The van der Waals surface area contributed by atoms with Crippen molar-refractivity contribution in [3.63, 3.8) is 0 Å². The first-order valence-corrected chi connectivity index (χ1v) is 7.68. The molecular weight excluding hydrogens is 355 g/mol. The molecule has 19 heavy (non-hydrogen) atoms. The van der Waals surface area contributed by atoms with E-state index in [0.29, 0.717) is 12.8 Å². The van der Waals surface area contributed by atoms with Gasteiger partial charge in [-0.05, 0) is 47.4 Å². The molecule has 4 heteroatoms. The Morgan fingerprint density at radius 1 is 1.21 bits per heavy atom. The van der Waals surface area contributed by atoms with E-state index < -0.39 is 5.97 Å². The lowest BCUT2D eigenvalue weighted by atomic mass is 9.76. The standard InChI is InChI=1S/C15H17IO3/c16-13-8-4-3-7-12(13)14(17)9-10-5-1-2-6-11(10)15(18)19/h3-4,7-8,10-11H,1-2,5-6,9H2,(H,18,19). The molecule has 1 aromatic carbocycles. The summed E-state index contributed by atoms with van der Waals surface area (Å²) in [6.07, 6.45) is 3.92. The average molecular weight is 372 g/mol. The van der Waals surface area contributed by atoms with Gasteiger partial charge in [-0.25, -0.2) is 0 Å². The van der Waals surface area contributed by atoms with Crippen LogP contribution in [0.25, 0.3) is 0 Å². The summed E-state index contributed by atoms with van der Waals surface area (Å²) in [6.45, 7) is 0. The quantitative estimate of drug-likeness (QED) is 0.647. The highest BCUT2D eigenvalue weighted by molar-refractivity contribution is 14.1. The van der Waals surface area contributed by atoms with Crippen molar-refractivity contribution in [1.29, 1.82) is 0 Å². The van der Waals surface area contributed by atoms with E-state index in [-0.39, 0.29) is 17.6 Å². The summed E-state index contributed by atoms with van der Waals surface area (Å²) in [7, 11) is 0.